The van der Waals surface area contributed by atoms with Crippen molar-refractivity contribution in [1.29, 1.82) is 0 Å². The van der Waals surface area contributed by atoms with Crippen LogP contribution < -0.4 is 0 Å². The van der Waals surface area contributed by atoms with E-state index in [1.54, 1.807) is 12.1 Å². The maximum atomic E-state index is 10.7. The van der Waals surface area contributed by atoms with Crippen molar-refractivity contribution in [3.05, 3.63) is 89.2 Å². The Hall–Kier alpha value is -3.60. The predicted molar refractivity (Wildman–Crippen MR) is 134 cm³/mol. The van der Waals surface area contributed by atoms with Gasteiger partial charge in [-0.25, -0.2) is 9.59 Å². The number of hydrogen-bond donors (Lipinski definition) is 2. The van der Waals surface area contributed by atoms with Crippen molar-refractivity contribution in [1.82, 2.24) is 0 Å². The molecular weight excluding hydrogens is 416 g/mol. The van der Waals surface area contributed by atoms with Gasteiger partial charge in [0.2, 0.25) is 5.76 Å². The second-order valence-corrected chi connectivity index (χ2v) is 7.74. The fourth-order valence-electron chi connectivity index (χ4n) is 2.80. The van der Waals surface area contributed by atoms with E-state index in [1.165, 1.54) is 17.2 Å². The fourth-order valence-corrected chi connectivity index (χ4v) is 2.80. The third kappa shape index (κ3) is 9.19. The Morgan fingerprint density at radius 1 is 0.758 bits per heavy atom. The van der Waals surface area contributed by atoms with Gasteiger partial charge in [-0.15, -0.1) is 0 Å². The normalized spacial score (nSPS) is 10.4. The number of aliphatic carboxylic acids is 1. The topological polar surface area (TPSA) is 87.7 Å². The lowest BCUT2D eigenvalue weighted by Crippen LogP contribution is -1.91. The molecule has 3 aromatic rings. The third-order valence-corrected chi connectivity index (χ3v) is 4.70. The van der Waals surface area contributed by atoms with Crippen LogP contribution in [0.15, 0.2) is 71.2 Å². The molecule has 0 radical (unpaired) electrons. The van der Waals surface area contributed by atoms with Gasteiger partial charge in [0.15, 0.2) is 0 Å². The first-order valence-electron chi connectivity index (χ1n) is 11.1. The zero-order chi connectivity index (χ0) is 25.0. The molecule has 1 heterocycles. The predicted octanol–water partition coefficient (Wildman–Crippen LogP) is 7.70. The summed E-state index contributed by atoms with van der Waals surface area (Å²) in [6.45, 7) is 12.5. The Morgan fingerprint density at radius 2 is 1.24 bits per heavy atom. The van der Waals surface area contributed by atoms with E-state index in [1.807, 2.05) is 62.4 Å². The summed E-state index contributed by atoms with van der Waals surface area (Å²) in [6, 6.07) is 19.0. The summed E-state index contributed by atoms with van der Waals surface area (Å²) in [5, 5.41) is 17.2. The zero-order valence-electron chi connectivity index (χ0n) is 20.2. The molecule has 0 spiro atoms. The van der Waals surface area contributed by atoms with Gasteiger partial charge >= 0.3 is 11.9 Å². The van der Waals surface area contributed by atoms with Crippen molar-refractivity contribution in [3.63, 3.8) is 0 Å². The van der Waals surface area contributed by atoms with E-state index in [0.29, 0.717) is 17.6 Å². The first kappa shape index (κ1) is 27.4. The van der Waals surface area contributed by atoms with Crippen LogP contribution in [0.5, 0.6) is 0 Å². The number of carboxylic acids is 2. The van der Waals surface area contributed by atoms with Gasteiger partial charge in [-0.2, -0.15) is 0 Å². The number of carboxylic acid groups (broad SMARTS) is 2. The molecule has 5 heteroatoms. The van der Waals surface area contributed by atoms with Crippen molar-refractivity contribution in [2.24, 2.45) is 0 Å². The summed E-state index contributed by atoms with van der Waals surface area (Å²) in [5.41, 5.74) is 4.31. The van der Waals surface area contributed by atoms with Gasteiger partial charge in [-0.1, -0.05) is 90.1 Å². The molecule has 0 saturated heterocycles. The van der Waals surface area contributed by atoms with Crippen LogP contribution in [0.25, 0.3) is 17.4 Å². The van der Waals surface area contributed by atoms with Gasteiger partial charge < -0.3 is 14.6 Å². The fraction of sp³-hybridized carbons (Fsp3) is 0.286. The maximum absolute atomic E-state index is 10.7. The van der Waals surface area contributed by atoms with Crippen molar-refractivity contribution in [2.45, 2.75) is 53.4 Å². The summed E-state index contributed by atoms with van der Waals surface area (Å²) < 4.78 is 5.23. The second kappa shape index (κ2) is 13.7. The van der Waals surface area contributed by atoms with Crippen molar-refractivity contribution >= 4 is 18.0 Å². The van der Waals surface area contributed by atoms with Crippen molar-refractivity contribution < 1.29 is 24.2 Å². The summed E-state index contributed by atoms with van der Waals surface area (Å²) in [6.07, 6.45) is 2.73. The van der Waals surface area contributed by atoms with Gasteiger partial charge in [-0.05, 0) is 46.7 Å². The lowest BCUT2D eigenvalue weighted by Gasteiger charge is -2.05. The first-order valence-corrected chi connectivity index (χ1v) is 11.1. The minimum absolute atomic E-state index is 0.0343. The van der Waals surface area contributed by atoms with Crippen LogP contribution in [-0.2, 0) is 4.79 Å². The Labute approximate surface area is 196 Å². The molecule has 0 aliphatic rings. The Morgan fingerprint density at radius 3 is 1.64 bits per heavy atom. The highest BCUT2D eigenvalue weighted by molar-refractivity contribution is 5.85. The standard InChI is InChI=1S/C14H14O3.C12H14O2.C2H6/c1-9(2)10-3-5-11(6-4-10)12-7-8-13(17-12)14(15)16;1-9(2)11-6-3-10(4-7-11)5-8-12(13)14;1-2/h3-9H,1-2H3,(H,15,16);3-9H,1-2H3,(H,13,14);1-2H3/b;8-5+;. The average Bonchev–Trinajstić information content (AvgIpc) is 3.30. The highest BCUT2D eigenvalue weighted by Crippen LogP contribution is 2.24. The Balaban J connectivity index is 0.000000313. The SMILES string of the molecule is CC.CC(C)c1ccc(-c2ccc(C(=O)O)o2)cc1.CC(C)c1ccc(/C=C/C(=O)O)cc1. The summed E-state index contributed by atoms with van der Waals surface area (Å²) >= 11 is 0. The van der Waals surface area contributed by atoms with Crippen LogP contribution in [0.3, 0.4) is 0 Å². The van der Waals surface area contributed by atoms with E-state index < -0.39 is 11.9 Å². The average molecular weight is 451 g/mol. The zero-order valence-corrected chi connectivity index (χ0v) is 20.2. The largest absolute Gasteiger partial charge is 0.478 e. The van der Waals surface area contributed by atoms with Crippen LogP contribution in [0.4, 0.5) is 0 Å². The molecule has 0 bridgehead atoms. The summed E-state index contributed by atoms with van der Waals surface area (Å²) in [4.78, 5) is 21.0. The second-order valence-electron chi connectivity index (χ2n) is 7.74. The smallest absolute Gasteiger partial charge is 0.371 e. The molecule has 0 atom stereocenters. The van der Waals surface area contributed by atoms with Gasteiger partial charge in [-0.3, -0.25) is 0 Å². The lowest BCUT2D eigenvalue weighted by molar-refractivity contribution is -0.131. The first-order chi connectivity index (χ1) is 15.7. The Kier molecular flexibility index (Phi) is 11.4. The maximum Gasteiger partial charge on any atom is 0.371 e. The Bertz CT molecular complexity index is 1020. The van der Waals surface area contributed by atoms with E-state index in [2.05, 4.69) is 27.7 Å². The van der Waals surface area contributed by atoms with Gasteiger partial charge in [0.1, 0.15) is 5.76 Å². The molecule has 0 amide bonds. The molecular formula is C28H34O5. The van der Waals surface area contributed by atoms with Gasteiger partial charge in [0, 0.05) is 11.6 Å². The van der Waals surface area contributed by atoms with E-state index in [0.717, 1.165) is 17.2 Å². The molecule has 5 nitrogen and oxygen atoms in total. The van der Waals surface area contributed by atoms with E-state index in [9.17, 15) is 9.59 Å². The molecule has 0 aliphatic heterocycles. The minimum Gasteiger partial charge on any atom is -0.478 e. The molecule has 2 aromatic carbocycles. The van der Waals surface area contributed by atoms with Gasteiger partial charge in [0.05, 0.1) is 0 Å². The van der Waals surface area contributed by atoms with Crippen LogP contribution in [0, 0.1) is 0 Å². The monoisotopic (exact) mass is 450 g/mol. The molecule has 0 aliphatic carbocycles. The molecule has 176 valence electrons. The third-order valence-electron chi connectivity index (χ3n) is 4.70. The van der Waals surface area contributed by atoms with Gasteiger partial charge in [0.25, 0.3) is 0 Å². The number of carbonyl (C=O) groups is 2. The summed E-state index contributed by atoms with van der Waals surface area (Å²) in [5.74, 6) is -0.429. The van der Waals surface area contributed by atoms with E-state index in [4.69, 9.17) is 14.6 Å². The van der Waals surface area contributed by atoms with E-state index >= 15 is 0 Å². The molecule has 0 saturated carbocycles. The van der Waals surface area contributed by atoms with Crippen LogP contribution in [0.1, 0.15) is 80.6 Å². The molecule has 2 N–H and O–H groups in total. The quantitative estimate of drug-likeness (QED) is 0.376. The van der Waals surface area contributed by atoms with E-state index in [-0.39, 0.29) is 5.76 Å². The van der Waals surface area contributed by atoms with Crippen molar-refractivity contribution in [2.75, 3.05) is 0 Å². The minimum atomic E-state index is -1.05. The highest BCUT2D eigenvalue weighted by atomic mass is 16.4. The van der Waals surface area contributed by atoms with Crippen molar-refractivity contribution in [3.8, 4) is 11.3 Å². The molecule has 33 heavy (non-hydrogen) atoms. The molecule has 0 unspecified atom stereocenters. The van der Waals surface area contributed by atoms with Crippen LogP contribution in [-0.4, -0.2) is 22.2 Å². The summed E-state index contributed by atoms with van der Waals surface area (Å²) in [7, 11) is 0. The number of benzene rings is 2. The number of furan rings is 1. The number of rotatable bonds is 6. The van der Waals surface area contributed by atoms with Crippen LogP contribution in [0.2, 0.25) is 0 Å². The molecule has 1 aromatic heterocycles. The lowest BCUT2D eigenvalue weighted by atomic mass is 10.0. The van der Waals surface area contributed by atoms with Crippen LogP contribution >= 0.6 is 0 Å². The molecule has 3 rings (SSSR count). The number of aromatic carboxylic acids is 1. The number of hydrogen-bond acceptors (Lipinski definition) is 3. The molecule has 0 fully saturated rings. The highest BCUT2D eigenvalue weighted by Gasteiger charge is 2.10.